The Morgan fingerprint density at radius 3 is 2.67 bits per heavy atom. The standard InChI is InChI=1S/C14H19NO3/c1-10-12(8-15-9-14(16-2)17-3)11-6-4-5-7-13(11)18-10/h4-7,14-15H,8-9H2,1-3H3. The number of rotatable bonds is 6. The third-order valence-electron chi connectivity index (χ3n) is 3.04. The zero-order valence-electron chi connectivity index (χ0n) is 11.0. The fourth-order valence-electron chi connectivity index (χ4n) is 2.02. The van der Waals surface area contributed by atoms with Gasteiger partial charge in [0.2, 0.25) is 0 Å². The van der Waals surface area contributed by atoms with Crippen LogP contribution in [0.3, 0.4) is 0 Å². The summed E-state index contributed by atoms with van der Waals surface area (Å²) >= 11 is 0. The summed E-state index contributed by atoms with van der Waals surface area (Å²) in [7, 11) is 3.27. The van der Waals surface area contributed by atoms with Gasteiger partial charge in [0.05, 0.1) is 0 Å². The molecule has 98 valence electrons. The summed E-state index contributed by atoms with van der Waals surface area (Å²) in [6.07, 6.45) is -0.219. The number of fused-ring (bicyclic) bond motifs is 1. The number of hydrogen-bond acceptors (Lipinski definition) is 4. The number of ether oxygens (including phenoxy) is 2. The number of furan rings is 1. The average molecular weight is 249 g/mol. The lowest BCUT2D eigenvalue weighted by Gasteiger charge is -2.13. The zero-order chi connectivity index (χ0) is 13.0. The molecule has 0 aliphatic heterocycles. The van der Waals surface area contributed by atoms with Gasteiger partial charge < -0.3 is 19.2 Å². The minimum absolute atomic E-state index is 0.219. The molecule has 0 unspecified atom stereocenters. The lowest BCUT2D eigenvalue weighted by atomic mass is 10.1. The SMILES string of the molecule is COC(CNCc1c(C)oc2ccccc12)OC. The van der Waals surface area contributed by atoms with E-state index in [-0.39, 0.29) is 6.29 Å². The highest BCUT2D eigenvalue weighted by Crippen LogP contribution is 2.24. The quantitative estimate of drug-likeness (QED) is 0.799. The van der Waals surface area contributed by atoms with Crippen molar-refractivity contribution in [1.29, 1.82) is 0 Å². The van der Waals surface area contributed by atoms with Crippen LogP contribution in [0.1, 0.15) is 11.3 Å². The average Bonchev–Trinajstić information content (AvgIpc) is 2.71. The molecule has 4 nitrogen and oxygen atoms in total. The normalized spacial score (nSPS) is 11.6. The molecule has 0 saturated heterocycles. The fourth-order valence-corrected chi connectivity index (χ4v) is 2.02. The van der Waals surface area contributed by atoms with Gasteiger partial charge in [-0.15, -0.1) is 0 Å². The molecule has 1 aromatic carbocycles. The Balaban J connectivity index is 2.05. The molecule has 0 spiro atoms. The Bertz CT molecular complexity index is 503. The number of hydrogen-bond donors (Lipinski definition) is 1. The molecule has 0 saturated carbocycles. The van der Waals surface area contributed by atoms with Crippen molar-refractivity contribution in [3.8, 4) is 0 Å². The van der Waals surface area contributed by atoms with Gasteiger partial charge >= 0.3 is 0 Å². The molecule has 0 radical (unpaired) electrons. The van der Waals surface area contributed by atoms with E-state index in [2.05, 4.69) is 11.4 Å². The minimum atomic E-state index is -0.219. The summed E-state index contributed by atoms with van der Waals surface area (Å²) in [4.78, 5) is 0. The van der Waals surface area contributed by atoms with Gasteiger partial charge in [0.1, 0.15) is 11.3 Å². The maximum atomic E-state index is 5.71. The molecule has 0 fully saturated rings. The first-order valence-electron chi connectivity index (χ1n) is 5.99. The van der Waals surface area contributed by atoms with Crippen molar-refractivity contribution in [3.05, 3.63) is 35.6 Å². The number of benzene rings is 1. The van der Waals surface area contributed by atoms with E-state index in [9.17, 15) is 0 Å². The summed E-state index contributed by atoms with van der Waals surface area (Å²) in [5, 5.41) is 4.47. The maximum absolute atomic E-state index is 5.71. The molecule has 4 heteroatoms. The number of methoxy groups -OCH3 is 2. The van der Waals surface area contributed by atoms with Crippen LogP contribution in [0.2, 0.25) is 0 Å². The number of aryl methyl sites for hydroxylation is 1. The second-order valence-corrected chi connectivity index (χ2v) is 4.16. The molecule has 18 heavy (non-hydrogen) atoms. The molecule has 2 rings (SSSR count). The van der Waals surface area contributed by atoms with Crippen molar-refractivity contribution in [3.63, 3.8) is 0 Å². The summed E-state index contributed by atoms with van der Waals surface area (Å²) < 4.78 is 16.0. The van der Waals surface area contributed by atoms with Gasteiger partial charge in [0.15, 0.2) is 6.29 Å². The van der Waals surface area contributed by atoms with Gasteiger partial charge in [0, 0.05) is 38.3 Å². The molecule has 1 N–H and O–H groups in total. The smallest absolute Gasteiger partial charge is 0.169 e. The largest absolute Gasteiger partial charge is 0.461 e. The van der Waals surface area contributed by atoms with Crippen molar-refractivity contribution in [2.45, 2.75) is 19.8 Å². The highest BCUT2D eigenvalue weighted by molar-refractivity contribution is 5.82. The van der Waals surface area contributed by atoms with Gasteiger partial charge in [-0.05, 0) is 13.0 Å². The van der Waals surface area contributed by atoms with Crippen molar-refractivity contribution in [2.75, 3.05) is 20.8 Å². The molecule has 1 aromatic heterocycles. The van der Waals surface area contributed by atoms with Crippen LogP contribution >= 0.6 is 0 Å². The first-order chi connectivity index (χ1) is 8.76. The van der Waals surface area contributed by atoms with Crippen LogP contribution in [0.5, 0.6) is 0 Å². The first kappa shape index (κ1) is 13.1. The molecule has 0 aliphatic rings. The van der Waals surface area contributed by atoms with Gasteiger partial charge in [-0.1, -0.05) is 18.2 Å². The molecule has 0 amide bonds. The van der Waals surface area contributed by atoms with Crippen molar-refractivity contribution in [1.82, 2.24) is 5.32 Å². The molecular weight excluding hydrogens is 230 g/mol. The molecule has 0 bridgehead atoms. The van der Waals surface area contributed by atoms with Crippen LogP contribution in [0, 0.1) is 6.92 Å². The highest BCUT2D eigenvalue weighted by atomic mass is 16.7. The van der Waals surface area contributed by atoms with Crippen LogP contribution < -0.4 is 5.32 Å². The third-order valence-corrected chi connectivity index (χ3v) is 3.04. The molecule has 1 heterocycles. The topological polar surface area (TPSA) is 43.6 Å². The van der Waals surface area contributed by atoms with E-state index in [1.165, 1.54) is 5.56 Å². The molecule has 2 aromatic rings. The van der Waals surface area contributed by atoms with E-state index in [0.717, 1.165) is 23.3 Å². The summed E-state index contributed by atoms with van der Waals surface area (Å²) in [6.45, 7) is 3.37. The van der Waals surface area contributed by atoms with E-state index >= 15 is 0 Å². The van der Waals surface area contributed by atoms with Gasteiger partial charge in [-0.25, -0.2) is 0 Å². The predicted molar refractivity (Wildman–Crippen MR) is 70.5 cm³/mol. The van der Waals surface area contributed by atoms with Crippen LogP contribution in [0.4, 0.5) is 0 Å². The Kier molecular flexibility index (Phi) is 4.36. The van der Waals surface area contributed by atoms with Gasteiger partial charge in [-0.2, -0.15) is 0 Å². The van der Waals surface area contributed by atoms with Crippen LogP contribution in [0.25, 0.3) is 11.0 Å². The van der Waals surface area contributed by atoms with Crippen LogP contribution in [0.15, 0.2) is 28.7 Å². The Labute approximate surface area is 107 Å². The van der Waals surface area contributed by atoms with Crippen molar-refractivity contribution >= 4 is 11.0 Å². The minimum Gasteiger partial charge on any atom is -0.461 e. The highest BCUT2D eigenvalue weighted by Gasteiger charge is 2.11. The maximum Gasteiger partial charge on any atom is 0.169 e. The number of nitrogens with one attached hydrogen (secondary N) is 1. The van der Waals surface area contributed by atoms with Gasteiger partial charge in [-0.3, -0.25) is 0 Å². The first-order valence-corrected chi connectivity index (χ1v) is 5.99. The summed E-state index contributed by atoms with van der Waals surface area (Å²) in [5.41, 5.74) is 2.12. The lowest BCUT2D eigenvalue weighted by Crippen LogP contribution is -2.29. The second kappa shape index (κ2) is 6.00. The van der Waals surface area contributed by atoms with Crippen LogP contribution in [-0.2, 0) is 16.0 Å². The second-order valence-electron chi connectivity index (χ2n) is 4.16. The van der Waals surface area contributed by atoms with E-state index in [4.69, 9.17) is 13.9 Å². The number of para-hydroxylation sites is 1. The third kappa shape index (κ3) is 2.72. The Morgan fingerprint density at radius 1 is 1.22 bits per heavy atom. The Hall–Kier alpha value is -1.36. The van der Waals surface area contributed by atoms with E-state index in [1.807, 2.05) is 25.1 Å². The fraction of sp³-hybridized carbons (Fsp3) is 0.429. The summed E-state index contributed by atoms with van der Waals surface area (Å²) in [5.74, 6) is 0.954. The lowest BCUT2D eigenvalue weighted by molar-refractivity contribution is -0.0989. The molecular formula is C14H19NO3. The monoisotopic (exact) mass is 249 g/mol. The van der Waals surface area contributed by atoms with E-state index < -0.39 is 0 Å². The summed E-state index contributed by atoms with van der Waals surface area (Å²) in [6, 6.07) is 8.06. The predicted octanol–water partition coefficient (Wildman–Crippen LogP) is 2.45. The Morgan fingerprint density at radius 2 is 1.94 bits per heavy atom. The molecule has 0 aliphatic carbocycles. The van der Waals surface area contributed by atoms with Crippen LogP contribution in [-0.4, -0.2) is 27.1 Å². The van der Waals surface area contributed by atoms with Crippen molar-refractivity contribution in [2.24, 2.45) is 0 Å². The van der Waals surface area contributed by atoms with E-state index in [0.29, 0.717) is 6.54 Å². The van der Waals surface area contributed by atoms with Crippen molar-refractivity contribution < 1.29 is 13.9 Å². The molecule has 0 atom stereocenters. The van der Waals surface area contributed by atoms with Gasteiger partial charge in [0.25, 0.3) is 0 Å². The van der Waals surface area contributed by atoms with E-state index in [1.54, 1.807) is 14.2 Å². The zero-order valence-corrected chi connectivity index (χ0v) is 11.0.